The normalized spacial score (nSPS) is 11.8. The van der Waals surface area contributed by atoms with Crippen LogP contribution in [0.3, 0.4) is 0 Å². The van der Waals surface area contributed by atoms with E-state index in [2.05, 4.69) is 71.5 Å². The molecule has 132 valence electrons. The molecule has 2 heterocycles. The van der Waals surface area contributed by atoms with E-state index in [4.69, 9.17) is 4.42 Å². The van der Waals surface area contributed by atoms with Crippen LogP contribution >= 0.6 is 0 Å². The van der Waals surface area contributed by atoms with Crippen LogP contribution in [0.4, 0.5) is 0 Å². The van der Waals surface area contributed by atoms with Crippen LogP contribution in [0.25, 0.3) is 54.9 Å². The van der Waals surface area contributed by atoms with Crippen molar-refractivity contribution in [3.63, 3.8) is 0 Å². The Morgan fingerprint density at radius 1 is 0.643 bits per heavy atom. The second-order valence-electron chi connectivity index (χ2n) is 7.13. The molecule has 0 aliphatic carbocycles. The molecule has 0 fully saturated rings. The van der Waals surface area contributed by atoms with E-state index in [-0.39, 0.29) is 0 Å². The molecule has 0 bridgehead atoms. The number of rotatable bonds is 1. The van der Waals surface area contributed by atoms with Crippen LogP contribution in [0.2, 0.25) is 0 Å². The number of hydrogen-bond donors (Lipinski definition) is 0. The number of hydrogen-bond acceptors (Lipinski definition) is 3. The van der Waals surface area contributed by atoms with E-state index in [1.54, 1.807) is 6.33 Å². The number of fused-ring (bicyclic) bond motifs is 6. The maximum atomic E-state index is 6.23. The highest BCUT2D eigenvalue weighted by atomic mass is 16.3. The van der Waals surface area contributed by atoms with Crippen molar-refractivity contribution in [2.75, 3.05) is 0 Å². The summed E-state index contributed by atoms with van der Waals surface area (Å²) in [5.41, 5.74) is 5.88. The predicted octanol–water partition coefficient (Wildman–Crippen LogP) is 6.66. The number of aryl methyl sites for hydroxylation is 1. The highest BCUT2D eigenvalue weighted by molar-refractivity contribution is 6.14. The summed E-state index contributed by atoms with van der Waals surface area (Å²) in [4.78, 5) is 9.27. The zero-order valence-corrected chi connectivity index (χ0v) is 15.3. The predicted molar refractivity (Wildman–Crippen MR) is 114 cm³/mol. The summed E-state index contributed by atoms with van der Waals surface area (Å²) in [7, 11) is 0. The second-order valence-corrected chi connectivity index (χ2v) is 7.13. The van der Waals surface area contributed by atoms with Gasteiger partial charge in [0.15, 0.2) is 0 Å². The number of benzene rings is 4. The maximum absolute atomic E-state index is 6.23. The van der Waals surface area contributed by atoms with Gasteiger partial charge in [-0.2, -0.15) is 0 Å². The molecule has 0 saturated heterocycles. The zero-order valence-electron chi connectivity index (χ0n) is 15.3. The molecule has 3 nitrogen and oxygen atoms in total. The zero-order chi connectivity index (χ0) is 18.7. The van der Waals surface area contributed by atoms with Crippen molar-refractivity contribution >= 4 is 43.6 Å². The molecule has 0 N–H and O–H groups in total. The van der Waals surface area contributed by atoms with E-state index in [0.717, 1.165) is 49.5 Å². The van der Waals surface area contributed by atoms with Crippen LogP contribution in [0.1, 0.15) is 5.56 Å². The van der Waals surface area contributed by atoms with E-state index < -0.39 is 0 Å². The first-order chi connectivity index (χ1) is 13.8. The van der Waals surface area contributed by atoms with E-state index in [9.17, 15) is 0 Å². The van der Waals surface area contributed by atoms with Gasteiger partial charge < -0.3 is 4.42 Å². The van der Waals surface area contributed by atoms with E-state index in [0.29, 0.717) is 0 Å². The molecule has 0 unspecified atom stereocenters. The fourth-order valence-corrected chi connectivity index (χ4v) is 4.19. The van der Waals surface area contributed by atoms with Crippen molar-refractivity contribution in [3.05, 3.63) is 84.7 Å². The van der Waals surface area contributed by atoms with Gasteiger partial charge in [0.1, 0.15) is 17.5 Å². The number of furan rings is 1. The topological polar surface area (TPSA) is 38.9 Å². The third-order valence-electron chi connectivity index (χ3n) is 5.54. The maximum Gasteiger partial charge on any atom is 0.144 e. The monoisotopic (exact) mass is 360 g/mol. The lowest BCUT2D eigenvalue weighted by atomic mass is 9.98. The number of para-hydroxylation sites is 2. The van der Waals surface area contributed by atoms with E-state index in [1.807, 2.05) is 18.2 Å². The van der Waals surface area contributed by atoms with Crippen molar-refractivity contribution < 1.29 is 4.42 Å². The lowest BCUT2D eigenvalue weighted by Crippen LogP contribution is -1.91. The number of nitrogens with zero attached hydrogens (tertiary/aromatic N) is 2. The largest absolute Gasteiger partial charge is 0.455 e. The Labute approximate surface area is 161 Å². The molecule has 0 atom stereocenters. The minimum Gasteiger partial charge on any atom is -0.455 e. The molecule has 6 rings (SSSR count). The van der Waals surface area contributed by atoms with Gasteiger partial charge in [-0.3, -0.25) is 0 Å². The summed E-state index contributed by atoms with van der Waals surface area (Å²) in [5, 5.41) is 5.64. The van der Waals surface area contributed by atoms with Crippen LogP contribution in [0.15, 0.2) is 83.5 Å². The van der Waals surface area contributed by atoms with Crippen molar-refractivity contribution in [1.82, 2.24) is 9.97 Å². The second kappa shape index (κ2) is 5.64. The Balaban J connectivity index is 1.74. The Kier molecular flexibility index (Phi) is 3.09. The summed E-state index contributed by atoms with van der Waals surface area (Å²) in [5.74, 6) is 0. The van der Waals surface area contributed by atoms with Gasteiger partial charge in [-0.15, -0.1) is 0 Å². The van der Waals surface area contributed by atoms with Gasteiger partial charge >= 0.3 is 0 Å². The SMILES string of the molecule is Cc1cccc2c1ccc1c(-c3cccc4c3oc3ccccc34)ncnc12. The highest BCUT2D eigenvalue weighted by Crippen LogP contribution is 2.38. The fraction of sp³-hybridized carbons (Fsp3) is 0.0400. The molecule has 0 saturated carbocycles. The van der Waals surface area contributed by atoms with Crippen LogP contribution < -0.4 is 0 Å². The fourth-order valence-electron chi connectivity index (χ4n) is 4.19. The summed E-state index contributed by atoms with van der Waals surface area (Å²) in [6, 6.07) is 25.0. The molecular formula is C25H16N2O. The van der Waals surface area contributed by atoms with Crippen LogP contribution in [-0.2, 0) is 0 Å². The van der Waals surface area contributed by atoms with Crippen molar-refractivity contribution in [2.24, 2.45) is 0 Å². The van der Waals surface area contributed by atoms with Crippen LogP contribution in [-0.4, -0.2) is 9.97 Å². The third kappa shape index (κ3) is 2.04. The first-order valence-electron chi connectivity index (χ1n) is 9.35. The molecule has 3 heteroatoms. The molecule has 0 spiro atoms. The molecule has 0 aliphatic rings. The lowest BCUT2D eigenvalue weighted by Gasteiger charge is -2.09. The Hall–Kier alpha value is -3.72. The van der Waals surface area contributed by atoms with Gasteiger partial charge in [0.05, 0.1) is 11.2 Å². The molecule has 6 aromatic rings. The smallest absolute Gasteiger partial charge is 0.144 e. The first-order valence-corrected chi connectivity index (χ1v) is 9.35. The molecular weight excluding hydrogens is 344 g/mol. The number of aromatic nitrogens is 2. The minimum absolute atomic E-state index is 0.869. The van der Waals surface area contributed by atoms with Gasteiger partial charge in [0, 0.05) is 27.1 Å². The van der Waals surface area contributed by atoms with Crippen molar-refractivity contribution in [1.29, 1.82) is 0 Å². The van der Waals surface area contributed by atoms with Gasteiger partial charge in [0.2, 0.25) is 0 Å². The quantitative estimate of drug-likeness (QED) is 0.308. The van der Waals surface area contributed by atoms with Crippen molar-refractivity contribution in [2.45, 2.75) is 6.92 Å². The molecule has 0 amide bonds. The van der Waals surface area contributed by atoms with Crippen LogP contribution in [0, 0.1) is 6.92 Å². The average Bonchev–Trinajstić information content (AvgIpc) is 3.12. The van der Waals surface area contributed by atoms with E-state index in [1.165, 1.54) is 10.9 Å². The first kappa shape index (κ1) is 15.3. The Bertz CT molecular complexity index is 1530. The standard InChI is InChI=1S/C25H16N2O/c1-15-6-4-8-18-16(15)12-13-20-23(18)26-14-27-24(20)21-10-5-9-19-17-7-2-3-11-22(17)28-25(19)21/h2-14H,1H3. The summed E-state index contributed by atoms with van der Waals surface area (Å²) >= 11 is 0. The Morgan fingerprint density at radius 2 is 1.43 bits per heavy atom. The van der Waals surface area contributed by atoms with Crippen molar-refractivity contribution in [3.8, 4) is 11.3 Å². The van der Waals surface area contributed by atoms with Gasteiger partial charge in [-0.05, 0) is 36.1 Å². The molecule has 0 aliphatic heterocycles. The molecule has 28 heavy (non-hydrogen) atoms. The van der Waals surface area contributed by atoms with Crippen LogP contribution in [0.5, 0.6) is 0 Å². The summed E-state index contributed by atoms with van der Waals surface area (Å²) < 4.78 is 6.23. The summed E-state index contributed by atoms with van der Waals surface area (Å²) in [6.45, 7) is 2.13. The Morgan fingerprint density at radius 3 is 2.39 bits per heavy atom. The lowest BCUT2D eigenvalue weighted by molar-refractivity contribution is 0.670. The third-order valence-corrected chi connectivity index (χ3v) is 5.54. The van der Waals surface area contributed by atoms with Gasteiger partial charge in [-0.1, -0.05) is 54.6 Å². The van der Waals surface area contributed by atoms with E-state index >= 15 is 0 Å². The van der Waals surface area contributed by atoms with Gasteiger partial charge in [-0.25, -0.2) is 9.97 Å². The van der Waals surface area contributed by atoms with Gasteiger partial charge in [0.25, 0.3) is 0 Å². The molecule has 2 aromatic heterocycles. The summed E-state index contributed by atoms with van der Waals surface area (Å²) in [6.07, 6.45) is 1.65. The minimum atomic E-state index is 0.869. The average molecular weight is 360 g/mol. The molecule has 0 radical (unpaired) electrons. The highest BCUT2D eigenvalue weighted by Gasteiger charge is 2.16. The molecule has 4 aromatic carbocycles.